The highest BCUT2D eigenvalue weighted by Gasteiger charge is 2.15. The van der Waals surface area contributed by atoms with Crippen LogP contribution in [-0.4, -0.2) is 0 Å². The maximum atomic E-state index is 2.42. The minimum Gasteiger partial charge on any atom is -0.0730 e. The molecule has 148 valence electrons. The fraction of sp³-hybridized carbons (Fsp3) is 0.310. The molecule has 0 fully saturated rings. The number of hydrogen-bond donors (Lipinski definition) is 0. The minimum atomic E-state index is 0.435. The summed E-state index contributed by atoms with van der Waals surface area (Å²) in [6.45, 7) is 11.2. The van der Waals surface area contributed by atoms with Gasteiger partial charge in [0.15, 0.2) is 0 Å². The molecule has 0 saturated heterocycles. The molecule has 2 aliphatic carbocycles. The lowest BCUT2D eigenvalue weighted by atomic mass is 9.92. The Morgan fingerprint density at radius 1 is 0.897 bits per heavy atom. The average molecular weight is 381 g/mol. The molecule has 0 bridgehead atoms. The summed E-state index contributed by atoms with van der Waals surface area (Å²) in [4.78, 5) is 0. The monoisotopic (exact) mass is 380 g/mol. The number of aryl methyl sites for hydroxylation is 4. The van der Waals surface area contributed by atoms with E-state index in [1.165, 1.54) is 55.7 Å². The largest absolute Gasteiger partial charge is 0.0730 e. The molecular formula is C29H32. The van der Waals surface area contributed by atoms with Gasteiger partial charge in [-0.1, -0.05) is 78.8 Å². The average Bonchev–Trinajstić information content (AvgIpc) is 3.33. The van der Waals surface area contributed by atoms with E-state index in [2.05, 4.69) is 95.3 Å². The molecule has 29 heavy (non-hydrogen) atoms. The summed E-state index contributed by atoms with van der Waals surface area (Å²) >= 11 is 0. The SMILES string of the molecule is CCc1cc(CC2=CC(c3ccc(C4C=CC(C)=C4)c(C)c3)=CC2)c(C)cc1C. The van der Waals surface area contributed by atoms with Crippen molar-refractivity contribution in [3.05, 3.63) is 111 Å². The van der Waals surface area contributed by atoms with Crippen molar-refractivity contribution < 1.29 is 0 Å². The highest BCUT2D eigenvalue weighted by molar-refractivity contribution is 5.78. The molecule has 1 unspecified atom stereocenters. The van der Waals surface area contributed by atoms with Crippen molar-refractivity contribution >= 4 is 5.57 Å². The first-order valence-corrected chi connectivity index (χ1v) is 10.9. The van der Waals surface area contributed by atoms with Crippen LogP contribution in [0.25, 0.3) is 5.57 Å². The Hall–Kier alpha value is -2.60. The first-order valence-electron chi connectivity index (χ1n) is 10.9. The zero-order valence-electron chi connectivity index (χ0n) is 18.5. The molecule has 0 saturated carbocycles. The topological polar surface area (TPSA) is 0 Å². The van der Waals surface area contributed by atoms with Crippen molar-refractivity contribution in [2.75, 3.05) is 0 Å². The van der Waals surface area contributed by atoms with E-state index in [0.717, 1.165) is 19.3 Å². The van der Waals surface area contributed by atoms with Gasteiger partial charge in [0, 0.05) is 5.92 Å². The number of benzene rings is 2. The molecule has 0 nitrogen and oxygen atoms in total. The second-order valence-electron chi connectivity index (χ2n) is 8.77. The van der Waals surface area contributed by atoms with E-state index in [4.69, 9.17) is 0 Å². The zero-order chi connectivity index (χ0) is 20.5. The molecule has 2 aromatic carbocycles. The van der Waals surface area contributed by atoms with Gasteiger partial charge in [-0.3, -0.25) is 0 Å². The van der Waals surface area contributed by atoms with Gasteiger partial charge in [0.05, 0.1) is 0 Å². The zero-order valence-corrected chi connectivity index (χ0v) is 18.5. The second kappa shape index (κ2) is 8.03. The molecule has 0 N–H and O–H groups in total. The van der Waals surface area contributed by atoms with Crippen LogP contribution in [0.15, 0.2) is 71.9 Å². The van der Waals surface area contributed by atoms with E-state index in [9.17, 15) is 0 Å². The van der Waals surface area contributed by atoms with Crippen LogP contribution in [0.2, 0.25) is 0 Å². The quantitative estimate of drug-likeness (QED) is 0.498. The molecule has 0 amide bonds. The van der Waals surface area contributed by atoms with Gasteiger partial charge in [0.2, 0.25) is 0 Å². The summed E-state index contributed by atoms with van der Waals surface area (Å²) in [5.41, 5.74) is 14.2. The molecule has 2 aliphatic rings. The lowest BCUT2D eigenvalue weighted by Gasteiger charge is -2.13. The number of hydrogen-bond acceptors (Lipinski definition) is 0. The molecule has 0 spiro atoms. The lowest BCUT2D eigenvalue weighted by molar-refractivity contribution is 1.03. The molecule has 1 atom stereocenters. The Morgan fingerprint density at radius 2 is 1.69 bits per heavy atom. The lowest BCUT2D eigenvalue weighted by Crippen LogP contribution is -1.97. The van der Waals surface area contributed by atoms with Crippen LogP contribution in [0.1, 0.15) is 65.1 Å². The number of allylic oxidation sites excluding steroid dienone is 8. The summed E-state index contributed by atoms with van der Waals surface area (Å²) in [7, 11) is 0. The minimum absolute atomic E-state index is 0.435. The van der Waals surface area contributed by atoms with E-state index in [0.29, 0.717) is 5.92 Å². The second-order valence-corrected chi connectivity index (χ2v) is 8.77. The van der Waals surface area contributed by atoms with Crippen molar-refractivity contribution in [2.45, 2.75) is 59.8 Å². The van der Waals surface area contributed by atoms with Gasteiger partial charge >= 0.3 is 0 Å². The highest BCUT2D eigenvalue weighted by atomic mass is 14.2. The molecule has 0 heteroatoms. The van der Waals surface area contributed by atoms with E-state index in [1.807, 2.05) is 0 Å². The van der Waals surface area contributed by atoms with Crippen LogP contribution in [0.5, 0.6) is 0 Å². The molecule has 4 rings (SSSR count). The first kappa shape index (κ1) is 19.7. The molecule has 0 heterocycles. The van der Waals surface area contributed by atoms with Crippen LogP contribution in [0, 0.1) is 20.8 Å². The summed E-state index contributed by atoms with van der Waals surface area (Å²) < 4.78 is 0. The summed E-state index contributed by atoms with van der Waals surface area (Å²) in [5, 5.41) is 0. The van der Waals surface area contributed by atoms with Gasteiger partial charge in [-0.05, 0) is 91.5 Å². The standard InChI is InChI=1S/C29H32/c1-6-24-18-28(21(4)14-20(24)3)17-23-8-10-26(16-23)25-11-12-29(22(5)15-25)27-9-7-19(2)13-27/h7,9-16,18,27H,6,8,17H2,1-5H3. The van der Waals surface area contributed by atoms with Gasteiger partial charge in [-0.25, -0.2) is 0 Å². The Morgan fingerprint density at radius 3 is 2.38 bits per heavy atom. The van der Waals surface area contributed by atoms with E-state index in [1.54, 1.807) is 0 Å². The van der Waals surface area contributed by atoms with Crippen LogP contribution >= 0.6 is 0 Å². The van der Waals surface area contributed by atoms with Crippen LogP contribution < -0.4 is 0 Å². The summed E-state index contributed by atoms with van der Waals surface area (Å²) in [5.74, 6) is 0.435. The third-order valence-electron chi connectivity index (χ3n) is 6.51. The van der Waals surface area contributed by atoms with Crippen LogP contribution in [0.3, 0.4) is 0 Å². The Bertz CT molecular complexity index is 1070. The van der Waals surface area contributed by atoms with Crippen LogP contribution in [-0.2, 0) is 12.8 Å². The van der Waals surface area contributed by atoms with Gasteiger partial charge in [0.25, 0.3) is 0 Å². The van der Waals surface area contributed by atoms with E-state index < -0.39 is 0 Å². The normalized spacial score (nSPS) is 18.1. The molecule has 0 aliphatic heterocycles. The fourth-order valence-electron chi connectivity index (χ4n) is 4.74. The van der Waals surface area contributed by atoms with E-state index >= 15 is 0 Å². The third-order valence-corrected chi connectivity index (χ3v) is 6.51. The van der Waals surface area contributed by atoms with Gasteiger partial charge in [0.1, 0.15) is 0 Å². The molecule has 0 aromatic heterocycles. The molecule has 0 radical (unpaired) electrons. The Labute approximate surface area is 176 Å². The summed E-state index contributed by atoms with van der Waals surface area (Å²) in [6.07, 6.45) is 14.9. The van der Waals surface area contributed by atoms with Gasteiger partial charge in [-0.2, -0.15) is 0 Å². The van der Waals surface area contributed by atoms with Crippen LogP contribution in [0.4, 0.5) is 0 Å². The fourth-order valence-corrected chi connectivity index (χ4v) is 4.74. The summed E-state index contributed by atoms with van der Waals surface area (Å²) in [6, 6.07) is 11.8. The predicted octanol–water partition coefficient (Wildman–Crippen LogP) is 7.73. The van der Waals surface area contributed by atoms with Crippen molar-refractivity contribution in [1.29, 1.82) is 0 Å². The highest BCUT2D eigenvalue weighted by Crippen LogP contribution is 2.33. The Balaban J connectivity index is 1.53. The van der Waals surface area contributed by atoms with Crippen molar-refractivity contribution in [2.24, 2.45) is 0 Å². The maximum absolute atomic E-state index is 2.42. The van der Waals surface area contributed by atoms with Gasteiger partial charge < -0.3 is 0 Å². The number of rotatable bonds is 5. The smallest absolute Gasteiger partial charge is 0.0210 e. The van der Waals surface area contributed by atoms with Crippen molar-refractivity contribution in [3.8, 4) is 0 Å². The van der Waals surface area contributed by atoms with Crippen molar-refractivity contribution in [3.63, 3.8) is 0 Å². The molecular weight excluding hydrogens is 348 g/mol. The van der Waals surface area contributed by atoms with E-state index in [-0.39, 0.29) is 0 Å². The third kappa shape index (κ3) is 4.08. The van der Waals surface area contributed by atoms with Gasteiger partial charge in [-0.15, -0.1) is 0 Å². The Kier molecular flexibility index (Phi) is 5.46. The van der Waals surface area contributed by atoms with Crippen molar-refractivity contribution in [1.82, 2.24) is 0 Å². The first-order chi connectivity index (χ1) is 13.9. The molecule has 2 aromatic rings. The maximum Gasteiger partial charge on any atom is 0.0210 e. The predicted molar refractivity (Wildman–Crippen MR) is 126 cm³/mol.